The lowest BCUT2D eigenvalue weighted by molar-refractivity contribution is -0.0372. The average Bonchev–Trinajstić information content (AvgIpc) is 2.30. The number of ether oxygens (including phenoxy) is 1. The average molecular weight is 255 g/mol. The topological polar surface area (TPSA) is 21.3 Å². The lowest BCUT2D eigenvalue weighted by Gasteiger charge is -2.35. The zero-order chi connectivity index (χ0) is 13.6. The van der Waals surface area contributed by atoms with Crippen LogP contribution in [0.2, 0.25) is 0 Å². The Bertz CT molecular complexity index is 217. The summed E-state index contributed by atoms with van der Waals surface area (Å²) in [7, 11) is 0. The number of rotatable bonds is 7. The molecule has 18 heavy (non-hydrogen) atoms. The molecule has 0 aliphatic heterocycles. The van der Waals surface area contributed by atoms with Crippen LogP contribution in [-0.4, -0.2) is 24.8 Å². The summed E-state index contributed by atoms with van der Waals surface area (Å²) >= 11 is 0. The molecule has 2 unspecified atom stereocenters. The van der Waals surface area contributed by atoms with Gasteiger partial charge in [0.25, 0.3) is 0 Å². The third-order valence-corrected chi connectivity index (χ3v) is 4.19. The molecule has 1 N–H and O–H groups in total. The first-order chi connectivity index (χ1) is 8.43. The van der Waals surface area contributed by atoms with Gasteiger partial charge in [-0.05, 0) is 51.4 Å². The van der Waals surface area contributed by atoms with Crippen molar-refractivity contribution in [3.8, 4) is 0 Å². The van der Waals surface area contributed by atoms with Crippen LogP contribution in [0.15, 0.2) is 0 Å². The van der Waals surface area contributed by atoms with Crippen LogP contribution in [0.1, 0.15) is 73.1 Å². The van der Waals surface area contributed by atoms with Crippen LogP contribution in [0.25, 0.3) is 0 Å². The molecule has 0 radical (unpaired) electrons. The Morgan fingerprint density at radius 3 is 2.39 bits per heavy atom. The molecule has 1 aliphatic rings. The fourth-order valence-electron chi connectivity index (χ4n) is 2.79. The first-order valence-electron chi connectivity index (χ1n) is 7.82. The summed E-state index contributed by atoms with van der Waals surface area (Å²) in [4.78, 5) is 0. The van der Waals surface area contributed by atoms with Crippen molar-refractivity contribution in [1.82, 2.24) is 5.32 Å². The van der Waals surface area contributed by atoms with Crippen molar-refractivity contribution in [2.24, 2.45) is 5.41 Å². The normalized spacial score (nSPS) is 23.8. The molecule has 0 saturated heterocycles. The van der Waals surface area contributed by atoms with Gasteiger partial charge in [-0.3, -0.25) is 0 Å². The second-order valence-electron chi connectivity index (χ2n) is 6.91. The number of hydrogen-bond donors (Lipinski definition) is 1. The highest BCUT2D eigenvalue weighted by molar-refractivity contribution is 4.79. The van der Waals surface area contributed by atoms with Gasteiger partial charge in [-0.15, -0.1) is 0 Å². The van der Waals surface area contributed by atoms with E-state index in [-0.39, 0.29) is 0 Å². The molecule has 2 nitrogen and oxygen atoms in total. The second kappa shape index (κ2) is 7.49. The van der Waals surface area contributed by atoms with E-state index in [9.17, 15) is 0 Å². The molecule has 1 aliphatic carbocycles. The van der Waals surface area contributed by atoms with Crippen LogP contribution in [0.3, 0.4) is 0 Å². The van der Waals surface area contributed by atoms with E-state index in [1.165, 1.54) is 38.5 Å². The van der Waals surface area contributed by atoms with E-state index in [0.29, 0.717) is 23.7 Å². The van der Waals surface area contributed by atoms with Crippen molar-refractivity contribution in [3.63, 3.8) is 0 Å². The van der Waals surface area contributed by atoms with E-state index in [0.717, 1.165) is 6.54 Å². The number of nitrogens with one attached hydrogen (secondary N) is 1. The van der Waals surface area contributed by atoms with E-state index < -0.39 is 0 Å². The molecule has 108 valence electrons. The van der Waals surface area contributed by atoms with Gasteiger partial charge in [-0.2, -0.15) is 0 Å². The van der Waals surface area contributed by atoms with Gasteiger partial charge in [0.2, 0.25) is 0 Å². The molecular formula is C16H33NO. The predicted molar refractivity (Wildman–Crippen MR) is 79.0 cm³/mol. The van der Waals surface area contributed by atoms with Crippen LogP contribution in [0.5, 0.6) is 0 Å². The maximum Gasteiger partial charge on any atom is 0.0675 e. The van der Waals surface area contributed by atoms with Crippen molar-refractivity contribution >= 4 is 0 Å². The first kappa shape index (κ1) is 16.0. The Morgan fingerprint density at radius 2 is 1.83 bits per heavy atom. The predicted octanol–water partition coefficient (Wildman–Crippen LogP) is 4.14. The summed E-state index contributed by atoms with van der Waals surface area (Å²) in [5.41, 5.74) is 0.539. The number of hydrogen-bond acceptors (Lipinski definition) is 2. The Balaban J connectivity index is 2.15. The van der Waals surface area contributed by atoms with Crippen molar-refractivity contribution in [2.75, 3.05) is 6.54 Å². The van der Waals surface area contributed by atoms with Crippen LogP contribution in [0.4, 0.5) is 0 Å². The summed E-state index contributed by atoms with van der Waals surface area (Å²) in [6.07, 6.45) is 8.44. The van der Waals surface area contributed by atoms with E-state index in [1.54, 1.807) is 0 Å². The second-order valence-corrected chi connectivity index (χ2v) is 6.91. The van der Waals surface area contributed by atoms with E-state index >= 15 is 0 Å². The molecule has 0 aromatic carbocycles. The molecule has 0 aromatic heterocycles. The molecular weight excluding hydrogens is 222 g/mol. The molecule has 0 bridgehead atoms. The quantitative estimate of drug-likeness (QED) is 0.738. The van der Waals surface area contributed by atoms with E-state index in [2.05, 4.69) is 39.9 Å². The molecule has 0 aromatic rings. The van der Waals surface area contributed by atoms with Crippen LogP contribution in [-0.2, 0) is 4.74 Å². The lowest BCUT2D eigenvalue weighted by Crippen LogP contribution is -2.37. The fourth-order valence-corrected chi connectivity index (χ4v) is 2.79. The van der Waals surface area contributed by atoms with Gasteiger partial charge in [0.15, 0.2) is 0 Å². The Hall–Kier alpha value is -0.0800. The Morgan fingerprint density at radius 1 is 1.22 bits per heavy atom. The van der Waals surface area contributed by atoms with Crippen LogP contribution in [0, 0.1) is 5.41 Å². The molecule has 2 atom stereocenters. The smallest absolute Gasteiger partial charge is 0.0675 e. The zero-order valence-electron chi connectivity index (χ0n) is 13.1. The summed E-state index contributed by atoms with van der Waals surface area (Å²) in [6.45, 7) is 12.4. The molecule has 1 rings (SSSR count). The highest BCUT2D eigenvalue weighted by atomic mass is 16.5. The summed E-state index contributed by atoms with van der Waals surface area (Å²) in [6, 6.07) is 0.617. The minimum absolute atomic E-state index is 0.343. The maximum absolute atomic E-state index is 6.15. The van der Waals surface area contributed by atoms with Crippen molar-refractivity contribution in [1.29, 1.82) is 0 Å². The summed E-state index contributed by atoms with van der Waals surface area (Å²) in [5.74, 6) is 0. The Kier molecular flexibility index (Phi) is 6.65. The van der Waals surface area contributed by atoms with Gasteiger partial charge >= 0.3 is 0 Å². The standard InChI is InChI=1S/C16H33NO/c1-6-7-13(2)17-12-14(3)18-15-8-10-16(4,5)11-9-15/h13-15,17H,6-12H2,1-5H3. The molecule has 0 amide bonds. The van der Waals surface area contributed by atoms with Crippen molar-refractivity contribution in [2.45, 2.75) is 91.4 Å². The van der Waals surface area contributed by atoms with Crippen molar-refractivity contribution in [3.05, 3.63) is 0 Å². The minimum Gasteiger partial charge on any atom is -0.374 e. The van der Waals surface area contributed by atoms with E-state index in [1.807, 2.05) is 0 Å². The molecule has 1 fully saturated rings. The first-order valence-corrected chi connectivity index (χ1v) is 7.82. The van der Waals surface area contributed by atoms with E-state index in [4.69, 9.17) is 4.74 Å². The van der Waals surface area contributed by atoms with Gasteiger partial charge in [-0.25, -0.2) is 0 Å². The summed E-state index contributed by atoms with van der Waals surface area (Å²) < 4.78 is 6.15. The minimum atomic E-state index is 0.343. The van der Waals surface area contributed by atoms with Gasteiger partial charge in [0.1, 0.15) is 0 Å². The lowest BCUT2D eigenvalue weighted by atomic mass is 9.76. The van der Waals surface area contributed by atoms with Gasteiger partial charge in [0, 0.05) is 12.6 Å². The monoisotopic (exact) mass is 255 g/mol. The molecule has 2 heteroatoms. The zero-order valence-corrected chi connectivity index (χ0v) is 13.1. The highest BCUT2D eigenvalue weighted by Gasteiger charge is 2.27. The van der Waals surface area contributed by atoms with Gasteiger partial charge in [0.05, 0.1) is 12.2 Å². The SMILES string of the molecule is CCCC(C)NCC(C)OC1CCC(C)(C)CC1. The van der Waals surface area contributed by atoms with Crippen LogP contribution < -0.4 is 5.32 Å². The molecule has 0 spiro atoms. The fraction of sp³-hybridized carbons (Fsp3) is 1.00. The Labute approximate surface area is 114 Å². The highest BCUT2D eigenvalue weighted by Crippen LogP contribution is 2.36. The van der Waals surface area contributed by atoms with Gasteiger partial charge in [-0.1, -0.05) is 27.2 Å². The molecule has 1 saturated carbocycles. The van der Waals surface area contributed by atoms with Gasteiger partial charge < -0.3 is 10.1 Å². The third-order valence-electron chi connectivity index (χ3n) is 4.19. The molecule has 0 heterocycles. The van der Waals surface area contributed by atoms with Crippen molar-refractivity contribution < 1.29 is 4.74 Å². The third kappa shape index (κ3) is 6.19. The largest absolute Gasteiger partial charge is 0.374 e. The van der Waals surface area contributed by atoms with Crippen LogP contribution >= 0.6 is 0 Å². The summed E-state index contributed by atoms with van der Waals surface area (Å²) in [5, 5.41) is 3.56. The maximum atomic E-state index is 6.15.